The zero-order chi connectivity index (χ0) is 10.5. The molecule has 0 amide bonds. The molecule has 0 aromatic heterocycles. The molecule has 0 saturated carbocycles. The number of hydrogen-bond donors (Lipinski definition) is 1. The number of nitrogens with one attached hydrogen (secondary N) is 1. The van der Waals surface area contributed by atoms with E-state index in [2.05, 4.69) is 47.8 Å². The second-order valence-corrected chi connectivity index (χ2v) is 4.28. The lowest BCUT2D eigenvalue weighted by Gasteiger charge is -2.07. The minimum absolute atomic E-state index is 1.17. The van der Waals surface area contributed by atoms with E-state index < -0.39 is 0 Å². The van der Waals surface area contributed by atoms with Gasteiger partial charge in [-0.2, -0.15) is 0 Å². The highest BCUT2D eigenvalue weighted by Gasteiger charge is 2.00. The quantitative estimate of drug-likeness (QED) is 0.834. The second-order valence-electron chi connectivity index (χ2n) is 3.16. The summed E-state index contributed by atoms with van der Waals surface area (Å²) in [7, 11) is 1.95. The first-order chi connectivity index (χ1) is 7.40. The average Bonchev–Trinajstić information content (AvgIpc) is 2.31. The maximum absolute atomic E-state index is 3.19. The number of hydrogen-bond acceptors (Lipinski definition) is 2. The molecule has 0 aliphatic rings. The van der Waals surface area contributed by atoms with Crippen molar-refractivity contribution in [3.63, 3.8) is 0 Å². The number of para-hydroxylation sites is 1. The molecule has 0 saturated heterocycles. The predicted octanol–water partition coefficient (Wildman–Crippen LogP) is 3.88. The Bertz CT molecular complexity index is 426. The van der Waals surface area contributed by atoms with Crippen molar-refractivity contribution in [2.75, 3.05) is 12.4 Å². The predicted molar refractivity (Wildman–Crippen MR) is 66.6 cm³/mol. The molecular formula is C13H13NS. The Labute approximate surface area is 94.5 Å². The zero-order valence-corrected chi connectivity index (χ0v) is 9.42. The van der Waals surface area contributed by atoms with E-state index in [0.29, 0.717) is 0 Å². The van der Waals surface area contributed by atoms with Crippen LogP contribution in [0.3, 0.4) is 0 Å². The fraction of sp³-hybridized carbons (Fsp3) is 0.0769. The Morgan fingerprint density at radius 3 is 2.27 bits per heavy atom. The highest BCUT2D eigenvalue weighted by Crippen LogP contribution is 2.32. The van der Waals surface area contributed by atoms with Gasteiger partial charge in [0.25, 0.3) is 0 Å². The van der Waals surface area contributed by atoms with Gasteiger partial charge in [0, 0.05) is 22.5 Å². The molecule has 0 aliphatic heterocycles. The van der Waals surface area contributed by atoms with E-state index in [1.165, 1.54) is 15.5 Å². The van der Waals surface area contributed by atoms with E-state index in [9.17, 15) is 0 Å². The van der Waals surface area contributed by atoms with Crippen LogP contribution in [0.15, 0.2) is 64.4 Å². The second kappa shape index (κ2) is 4.89. The molecule has 1 N–H and O–H groups in total. The van der Waals surface area contributed by atoms with Crippen LogP contribution >= 0.6 is 11.8 Å². The third-order valence-corrected chi connectivity index (χ3v) is 3.21. The average molecular weight is 215 g/mol. The van der Waals surface area contributed by atoms with Crippen LogP contribution in [-0.4, -0.2) is 7.05 Å². The molecule has 1 nitrogen and oxygen atoms in total. The van der Waals surface area contributed by atoms with Gasteiger partial charge >= 0.3 is 0 Å². The summed E-state index contributed by atoms with van der Waals surface area (Å²) in [6, 6.07) is 18.7. The maximum Gasteiger partial charge on any atom is 0.0479 e. The first-order valence-corrected chi connectivity index (χ1v) is 5.71. The summed E-state index contributed by atoms with van der Waals surface area (Å²) < 4.78 is 0. The van der Waals surface area contributed by atoms with Crippen LogP contribution in [0.4, 0.5) is 5.69 Å². The molecule has 0 atom stereocenters. The molecule has 0 spiro atoms. The molecule has 2 rings (SSSR count). The minimum Gasteiger partial charge on any atom is -0.387 e. The van der Waals surface area contributed by atoms with Crippen molar-refractivity contribution < 1.29 is 0 Å². The van der Waals surface area contributed by atoms with Crippen LogP contribution in [0.1, 0.15) is 0 Å². The minimum atomic E-state index is 1.17. The number of anilines is 1. The van der Waals surface area contributed by atoms with Crippen molar-refractivity contribution in [1.29, 1.82) is 0 Å². The van der Waals surface area contributed by atoms with Gasteiger partial charge in [0.2, 0.25) is 0 Å². The van der Waals surface area contributed by atoms with Crippen molar-refractivity contribution in [3.05, 3.63) is 54.6 Å². The summed E-state index contributed by atoms with van der Waals surface area (Å²) in [5.74, 6) is 0. The van der Waals surface area contributed by atoms with Gasteiger partial charge in [0.05, 0.1) is 0 Å². The van der Waals surface area contributed by atoms with Gasteiger partial charge in [-0.25, -0.2) is 0 Å². The molecular weight excluding hydrogens is 202 g/mol. The van der Waals surface area contributed by atoms with Crippen molar-refractivity contribution in [3.8, 4) is 0 Å². The molecule has 0 fully saturated rings. The molecule has 76 valence electrons. The summed E-state index contributed by atoms with van der Waals surface area (Å²) in [4.78, 5) is 2.52. The fourth-order valence-electron chi connectivity index (χ4n) is 1.38. The highest BCUT2D eigenvalue weighted by atomic mass is 32.2. The van der Waals surface area contributed by atoms with E-state index in [0.717, 1.165) is 0 Å². The standard InChI is InChI=1S/C13H13NS/c1-14-12-9-5-6-10-13(12)15-11-7-3-2-4-8-11/h2-10,14H,1H3. The first-order valence-electron chi connectivity index (χ1n) is 4.90. The van der Waals surface area contributed by atoms with Gasteiger partial charge in [0.1, 0.15) is 0 Å². The molecule has 0 heterocycles. The smallest absolute Gasteiger partial charge is 0.0479 e. The first kappa shape index (κ1) is 10.1. The van der Waals surface area contributed by atoms with Gasteiger partial charge in [-0.3, -0.25) is 0 Å². The summed E-state index contributed by atoms with van der Waals surface area (Å²) in [5.41, 5.74) is 1.17. The molecule has 2 aromatic rings. The van der Waals surface area contributed by atoms with E-state index in [1.54, 1.807) is 11.8 Å². The molecule has 0 unspecified atom stereocenters. The van der Waals surface area contributed by atoms with Crippen LogP contribution in [0.5, 0.6) is 0 Å². The van der Waals surface area contributed by atoms with E-state index in [4.69, 9.17) is 0 Å². The lowest BCUT2D eigenvalue weighted by atomic mass is 10.3. The summed E-state index contributed by atoms with van der Waals surface area (Å²) in [6.45, 7) is 0. The van der Waals surface area contributed by atoms with Gasteiger partial charge in [-0.05, 0) is 24.3 Å². The highest BCUT2D eigenvalue weighted by molar-refractivity contribution is 7.99. The van der Waals surface area contributed by atoms with E-state index >= 15 is 0 Å². The topological polar surface area (TPSA) is 12.0 Å². The van der Waals surface area contributed by atoms with Crippen molar-refractivity contribution in [1.82, 2.24) is 0 Å². The molecule has 15 heavy (non-hydrogen) atoms. The third kappa shape index (κ3) is 2.54. The summed E-state index contributed by atoms with van der Waals surface area (Å²) in [6.07, 6.45) is 0. The lowest BCUT2D eigenvalue weighted by molar-refractivity contribution is 1.36. The molecule has 0 radical (unpaired) electrons. The third-order valence-electron chi connectivity index (χ3n) is 2.13. The SMILES string of the molecule is CNc1ccccc1Sc1ccccc1. The fourth-order valence-corrected chi connectivity index (χ4v) is 2.35. The number of benzene rings is 2. The van der Waals surface area contributed by atoms with Crippen molar-refractivity contribution >= 4 is 17.4 Å². The van der Waals surface area contributed by atoms with Crippen LogP contribution in [0.2, 0.25) is 0 Å². The molecule has 2 aromatic carbocycles. The number of rotatable bonds is 3. The van der Waals surface area contributed by atoms with E-state index in [1.807, 2.05) is 19.2 Å². The monoisotopic (exact) mass is 215 g/mol. The molecule has 2 heteroatoms. The Balaban J connectivity index is 2.24. The normalized spacial score (nSPS) is 9.93. The maximum atomic E-state index is 3.19. The largest absolute Gasteiger partial charge is 0.387 e. The Morgan fingerprint density at radius 2 is 1.53 bits per heavy atom. The molecule has 0 aliphatic carbocycles. The lowest BCUT2D eigenvalue weighted by Crippen LogP contribution is -1.89. The Kier molecular flexibility index (Phi) is 3.30. The molecule has 0 bridgehead atoms. The zero-order valence-electron chi connectivity index (χ0n) is 8.60. The van der Waals surface area contributed by atoms with Crippen LogP contribution in [0.25, 0.3) is 0 Å². The van der Waals surface area contributed by atoms with Crippen LogP contribution in [0, 0.1) is 0 Å². The van der Waals surface area contributed by atoms with E-state index in [-0.39, 0.29) is 0 Å². The van der Waals surface area contributed by atoms with Crippen molar-refractivity contribution in [2.24, 2.45) is 0 Å². The van der Waals surface area contributed by atoms with Gasteiger partial charge in [-0.15, -0.1) is 0 Å². The van der Waals surface area contributed by atoms with Crippen LogP contribution < -0.4 is 5.32 Å². The Hall–Kier alpha value is -1.41. The van der Waals surface area contributed by atoms with Gasteiger partial charge in [-0.1, -0.05) is 42.1 Å². The van der Waals surface area contributed by atoms with Crippen molar-refractivity contribution in [2.45, 2.75) is 9.79 Å². The van der Waals surface area contributed by atoms with Crippen LogP contribution in [-0.2, 0) is 0 Å². The summed E-state index contributed by atoms with van der Waals surface area (Å²) >= 11 is 1.78. The van der Waals surface area contributed by atoms with Gasteiger partial charge < -0.3 is 5.32 Å². The Morgan fingerprint density at radius 1 is 0.867 bits per heavy atom. The van der Waals surface area contributed by atoms with Gasteiger partial charge in [0.15, 0.2) is 0 Å². The summed E-state index contributed by atoms with van der Waals surface area (Å²) in [5, 5.41) is 3.19.